The van der Waals surface area contributed by atoms with Gasteiger partial charge < -0.3 is 4.90 Å². The maximum atomic E-state index is 13.0. The molecule has 2 aromatic carbocycles. The van der Waals surface area contributed by atoms with E-state index in [-0.39, 0.29) is 10.8 Å². The van der Waals surface area contributed by atoms with Crippen molar-refractivity contribution < 1.29 is 13.2 Å². The Kier molecular flexibility index (Phi) is 5.86. The van der Waals surface area contributed by atoms with Crippen LogP contribution in [0.3, 0.4) is 0 Å². The average Bonchev–Trinajstić information content (AvgIpc) is 3.12. The predicted octanol–water partition coefficient (Wildman–Crippen LogP) is 4.15. The van der Waals surface area contributed by atoms with Gasteiger partial charge in [0, 0.05) is 24.5 Å². The highest BCUT2D eigenvalue weighted by Gasteiger charge is 2.23. The summed E-state index contributed by atoms with van der Waals surface area (Å²) in [7, 11) is -0.540. The quantitative estimate of drug-likeness (QED) is 0.609. The summed E-state index contributed by atoms with van der Waals surface area (Å²) in [4.78, 5) is 15.6. The monoisotopic (exact) mass is 414 g/mol. The van der Waals surface area contributed by atoms with E-state index in [0.29, 0.717) is 17.8 Å². The van der Waals surface area contributed by atoms with Crippen molar-refractivity contribution in [3.05, 3.63) is 82.0 Å². The van der Waals surface area contributed by atoms with Crippen LogP contribution in [-0.2, 0) is 16.6 Å². The number of hydrogen-bond acceptors (Lipinski definition) is 4. The van der Waals surface area contributed by atoms with Gasteiger partial charge in [0.25, 0.3) is 15.9 Å². The Morgan fingerprint density at radius 2 is 1.71 bits per heavy atom. The number of nitrogens with zero attached hydrogens (tertiary/aromatic N) is 2. The number of sulfonamides is 1. The molecule has 0 fully saturated rings. The van der Waals surface area contributed by atoms with Crippen molar-refractivity contribution in [2.24, 2.45) is 0 Å². The van der Waals surface area contributed by atoms with Gasteiger partial charge in [-0.1, -0.05) is 24.3 Å². The summed E-state index contributed by atoms with van der Waals surface area (Å²) < 4.78 is 27.2. The van der Waals surface area contributed by atoms with Crippen molar-refractivity contribution in [1.29, 1.82) is 0 Å². The number of para-hydroxylation sites is 1. The van der Waals surface area contributed by atoms with Gasteiger partial charge in [-0.15, -0.1) is 11.3 Å². The highest BCUT2D eigenvalue weighted by atomic mass is 32.2. The molecule has 1 aromatic heterocycles. The summed E-state index contributed by atoms with van der Waals surface area (Å²) in [6.45, 7) is 2.50. The standard InChI is InChI=1S/C21H22N2O3S2/c1-16-12-13-27-20(16)15-22(2)21(24)17-8-7-11-19(14-17)28(25,26)23(3)18-9-5-4-6-10-18/h4-14H,15H2,1-3H3. The van der Waals surface area contributed by atoms with Crippen molar-refractivity contribution in [2.45, 2.75) is 18.4 Å². The minimum atomic E-state index is -3.77. The predicted molar refractivity (Wildman–Crippen MR) is 113 cm³/mol. The maximum absolute atomic E-state index is 13.0. The van der Waals surface area contributed by atoms with Crippen LogP contribution < -0.4 is 4.31 Å². The van der Waals surface area contributed by atoms with Gasteiger partial charge in [-0.2, -0.15) is 0 Å². The summed E-state index contributed by atoms with van der Waals surface area (Å²) >= 11 is 1.60. The smallest absolute Gasteiger partial charge is 0.264 e. The molecule has 146 valence electrons. The first-order valence-corrected chi connectivity index (χ1v) is 11.0. The van der Waals surface area contributed by atoms with E-state index in [1.807, 2.05) is 24.4 Å². The van der Waals surface area contributed by atoms with Crippen LogP contribution in [0.15, 0.2) is 70.9 Å². The first-order valence-electron chi connectivity index (χ1n) is 8.73. The highest BCUT2D eigenvalue weighted by Crippen LogP contribution is 2.23. The SMILES string of the molecule is Cc1ccsc1CN(C)C(=O)c1cccc(S(=O)(=O)N(C)c2ccccc2)c1. The molecule has 0 atom stereocenters. The van der Waals surface area contributed by atoms with Gasteiger partial charge >= 0.3 is 0 Å². The lowest BCUT2D eigenvalue weighted by molar-refractivity contribution is 0.0786. The molecule has 0 bridgehead atoms. The van der Waals surface area contributed by atoms with Crippen LogP contribution in [0.25, 0.3) is 0 Å². The third kappa shape index (κ3) is 4.10. The zero-order valence-electron chi connectivity index (χ0n) is 16.0. The van der Waals surface area contributed by atoms with Gasteiger partial charge in [0.15, 0.2) is 0 Å². The van der Waals surface area contributed by atoms with Crippen molar-refractivity contribution in [2.75, 3.05) is 18.4 Å². The molecule has 28 heavy (non-hydrogen) atoms. The van der Waals surface area contributed by atoms with Crippen molar-refractivity contribution in [3.8, 4) is 0 Å². The molecule has 0 aliphatic heterocycles. The van der Waals surface area contributed by atoms with E-state index in [1.165, 1.54) is 23.5 Å². The van der Waals surface area contributed by atoms with Gasteiger partial charge in [-0.25, -0.2) is 8.42 Å². The van der Waals surface area contributed by atoms with E-state index < -0.39 is 10.0 Å². The molecule has 0 aliphatic carbocycles. The number of benzene rings is 2. The molecule has 3 rings (SSSR count). The molecule has 0 spiro atoms. The number of amides is 1. The Hall–Kier alpha value is -2.64. The van der Waals surface area contributed by atoms with E-state index in [9.17, 15) is 13.2 Å². The van der Waals surface area contributed by atoms with E-state index >= 15 is 0 Å². The Labute approximate surface area is 169 Å². The number of rotatable bonds is 6. The van der Waals surface area contributed by atoms with Crippen molar-refractivity contribution in [1.82, 2.24) is 4.90 Å². The minimum absolute atomic E-state index is 0.0883. The zero-order valence-corrected chi connectivity index (χ0v) is 17.6. The zero-order chi connectivity index (χ0) is 20.3. The molecule has 7 heteroatoms. The molecule has 1 heterocycles. The lowest BCUT2D eigenvalue weighted by atomic mass is 10.2. The summed E-state index contributed by atoms with van der Waals surface area (Å²) in [6, 6.07) is 17.0. The average molecular weight is 415 g/mol. The number of carbonyl (C=O) groups is 1. The highest BCUT2D eigenvalue weighted by molar-refractivity contribution is 7.92. The fraction of sp³-hybridized carbons (Fsp3) is 0.190. The number of thiophene rings is 1. The summed E-state index contributed by atoms with van der Waals surface area (Å²) in [5, 5.41) is 2.00. The molecule has 3 aromatic rings. The van der Waals surface area contributed by atoms with Crippen LogP contribution in [0, 0.1) is 6.92 Å². The van der Waals surface area contributed by atoms with Crippen LogP contribution in [0.5, 0.6) is 0 Å². The lowest BCUT2D eigenvalue weighted by Crippen LogP contribution is -2.28. The van der Waals surface area contributed by atoms with E-state index in [2.05, 4.69) is 0 Å². The van der Waals surface area contributed by atoms with E-state index in [4.69, 9.17) is 0 Å². The molecule has 5 nitrogen and oxygen atoms in total. The third-order valence-electron chi connectivity index (χ3n) is 4.55. The third-order valence-corrected chi connectivity index (χ3v) is 7.34. The number of anilines is 1. The first-order chi connectivity index (χ1) is 13.3. The van der Waals surface area contributed by atoms with Gasteiger partial charge in [0.1, 0.15) is 0 Å². The Bertz CT molecular complexity index is 1080. The molecule has 0 aliphatic rings. The second-order valence-corrected chi connectivity index (χ2v) is 9.49. The van der Waals surface area contributed by atoms with Gasteiger partial charge in [0.2, 0.25) is 0 Å². The van der Waals surface area contributed by atoms with Crippen LogP contribution in [0.1, 0.15) is 20.8 Å². The molecule has 0 radical (unpaired) electrons. The molecular weight excluding hydrogens is 392 g/mol. The van der Waals surface area contributed by atoms with Crippen molar-refractivity contribution >= 4 is 33.0 Å². The molecule has 0 unspecified atom stereocenters. The largest absolute Gasteiger partial charge is 0.337 e. The number of aryl methyl sites for hydroxylation is 1. The molecule has 1 amide bonds. The van der Waals surface area contributed by atoms with Gasteiger partial charge in [-0.05, 0) is 54.3 Å². The molecule has 0 N–H and O–H groups in total. The maximum Gasteiger partial charge on any atom is 0.264 e. The van der Waals surface area contributed by atoms with Crippen LogP contribution >= 0.6 is 11.3 Å². The topological polar surface area (TPSA) is 57.7 Å². The molecular formula is C21H22N2O3S2. The summed E-state index contributed by atoms with van der Waals surface area (Å²) in [5.74, 6) is -0.216. The minimum Gasteiger partial charge on any atom is -0.337 e. The Morgan fingerprint density at radius 3 is 2.36 bits per heavy atom. The Balaban J connectivity index is 1.85. The van der Waals surface area contributed by atoms with Crippen LogP contribution in [-0.4, -0.2) is 33.3 Å². The fourth-order valence-electron chi connectivity index (χ4n) is 2.80. The fourth-order valence-corrected chi connectivity index (χ4v) is 5.00. The van der Waals surface area contributed by atoms with Crippen LogP contribution in [0.4, 0.5) is 5.69 Å². The summed E-state index contributed by atoms with van der Waals surface area (Å²) in [6.07, 6.45) is 0. The first kappa shape index (κ1) is 20.1. The Morgan fingerprint density at radius 1 is 1.00 bits per heavy atom. The number of hydrogen-bond donors (Lipinski definition) is 0. The molecule has 0 saturated carbocycles. The lowest BCUT2D eigenvalue weighted by Gasteiger charge is -2.21. The second-order valence-electron chi connectivity index (χ2n) is 6.52. The van der Waals surface area contributed by atoms with Gasteiger partial charge in [0.05, 0.1) is 17.1 Å². The van der Waals surface area contributed by atoms with Crippen molar-refractivity contribution in [3.63, 3.8) is 0 Å². The molecule has 0 saturated heterocycles. The van der Waals surface area contributed by atoms with Crippen LogP contribution in [0.2, 0.25) is 0 Å². The number of carbonyl (C=O) groups excluding carboxylic acids is 1. The van der Waals surface area contributed by atoms with E-state index in [0.717, 1.165) is 10.4 Å². The second kappa shape index (κ2) is 8.16. The normalized spacial score (nSPS) is 11.2. The van der Waals surface area contributed by atoms with E-state index in [1.54, 1.807) is 59.7 Å². The van der Waals surface area contributed by atoms with Gasteiger partial charge in [-0.3, -0.25) is 9.10 Å². The summed E-state index contributed by atoms with van der Waals surface area (Å²) in [5.41, 5.74) is 2.05.